The summed E-state index contributed by atoms with van der Waals surface area (Å²) in [5.74, 6) is 0.715. The van der Waals surface area contributed by atoms with Gasteiger partial charge in [0.05, 0.1) is 24.8 Å². The van der Waals surface area contributed by atoms with E-state index in [1.54, 1.807) is 12.3 Å². The van der Waals surface area contributed by atoms with Crippen molar-refractivity contribution in [2.24, 2.45) is 0 Å². The lowest BCUT2D eigenvalue weighted by Crippen LogP contribution is -2.34. The Morgan fingerprint density at radius 2 is 2.20 bits per heavy atom. The number of ether oxygens (including phenoxy) is 1. The molecule has 2 atom stereocenters. The number of rotatable bonds is 4. The Balaban J connectivity index is 1.40. The molecule has 132 valence electrons. The number of anilines is 2. The summed E-state index contributed by atoms with van der Waals surface area (Å²) in [7, 11) is 0. The van der Waals surface area contributed by atoms with Crippen LogP contribution < -0.4 is 10.2 Å². The summed E-state index contributed by atoms with van der Waals surface area (Å²) in [6, 6.07) is 3.06. The van der Waals surface area contributed by atoms with Crippen LogP contribution in [-0.4, -0.2) is 46.3 Å². The zero-order valence-electron chi connectivity index (χ0n) is 14.3. The van der Waals surface area contributed by atoms with Crippen molar-refractivity contribution in [1.82, 2.24) is 15.0 Å². The van der Waals surface area contributed by atoms with E-state index in [-0.39, 0.29) is 17.5 Å². The molecule has 7 heteroatoms. The van der Waals surface area contributed by atoms with E-state index < -0.39 is 0 Å². The maximum atomic E-state index is 13.8. The van der Waals surface area contributed by atoms with Crippen LogP contribution >= 0.6 is 0 Å². The molecule has 4 heterocycles. The first-order valence-corrected chi connectivity index (χ1v) is 8.74. The van der Waals surface area contributed by atoms with Gasteiger partial charge < -0.3 is 15.0 Å². The Morgan fingerprint density at radius 3 is 2.96 bits per heavy atom. The van der Waals surface area contributed by atoms with E-state index in [9.17, 15) is 4.39 Å². The molecule has 4 rings (SSSR count). The van der Waals surface area contributed by atoms with Crippen LogP contribution in [0.3, 0.4) is 0 Å². The highest BCUT2D eigenvalue weighted by molar-refractivity contribution is 5.38. The van der Waals surface area contributed by atoms with Crippen molar-refractivity contribution in [2.75, 3.05) is 29.9 Å². The smallest absolute Gasteiger partial charge is 0.225 e. The third kappa shape index (κ3) is 3.28. The Kier molecular flexibility index (Phi) is 4.25. The predicted molar refractivity (Wildman–Crippen MR) is 93.1 cm³/mol. The van der Waals surface area contributed by atoms with Gasteiger partial charge in [0.1, 0.15) is 0 Å². The van der Waals surface area contributed by atoms with E-state index in [1.165, 1.54) is 6.07 Å². The molecule has 25 heavy (non-hydrogen) atoms. The average molecular weight is 343 g/mol. The Hall–Kier alpha value is -2.28. The van der Waals surface area contributed by atoms with Crippen LogP contribution in [0.15, 0.2) is 30.7 Å². The number of pyridine rings is 1. The molecular formula is C18H22FN5O. The van der Waals surface area contributed by atoms with Crippen molar-refractivity contribution in [1.29, 1.82) is 0 Å². The molecule has 0 radical (unpaired) electrons. The molecule has 0 bridgehead atoms. The molecule has 0 aromatic carbocycles. The van der Waals surface area contributed by atoms with E-state index in [1.807, 2.05) is 12.4 Å². The van der Waals surface area contributed by atoms with Crippen LogP contribution in [0.25, 0.3) is 0 Å². The summed E-state index contributed by atoms with van der Waals surface area (Å²) in [4.78, 5) is 15.2. The number of aromatic nitrogens is 3. The lowest BCUT2D eigenvalue weighted by atomic mass is 9.97. The van der Waals surface area contributed by atoms with Gasteiger partial charge in [-0.3, -0.25) is 0 Å². The minimum atomic E-state index is -0.332. The first-order chi connectivity index (χ1) is 12.2. The third-order valence-corrected chi connectivity index (χ3v) is 5.01. The van der Waals surface area contributed by atoms with Crippen molar-refractivity contribution in [2.45, 2.75) is 37.8 Å². The van der Waals surface area contributed by atoms with Gasteiger partial charge in [-0.2, -0.15) is 0 Å². The molecule has 2 aliphatic heterocycles. The van der Waals surface area contributed by atoms with Gasteiger partial charge in [-0.25, -0.2) is 19.3 Å². The van der Waals surface area contributed by atoms with E-state index in [2.05, 4.69) is 32.1 Å². The Morgan fingerprint density at radius 1 is 1.36 bits per heavy atom. The second-order valence-electron chi connectivity index (χ2n) is 6.79. The van der Waals surface area contributed by atoms with Gasteiger partial charge in [0.2, 0.25) is 5.95 Å². The lowest BCUT2D eigenvalue weighted by molar-refractivity contribution is 0.0228. The van der Waals surface area contributed by atoms with Crippen molar-refractivity contribution in [3.8, 4) is 0 Å². The SMILES string of the molecule is CCc1cnc(N2CC[C@]3(C[C@H](Nc4ncccc4F)CO3)C2)nc1. The summed E-state index contributed by atoms with van der Waals surface area (Å²) >= 11 is 0. The number of nitrogens with one attached hydrogen (secondary N) is 1. The van der Waals surface area contributed by atoms with Crippen LogP contribution in [0, 0.1) is 5.82 Å². The largest absolute Gasteiger partial charge is 0.371 e. The van der Waals surface area contributed by atoms with Crippen LogP contribution in [0.1, 0.15) is 25.3 Å². The summed E-state index contributed by atoms with van der Waals surface area (Å²) < 4.78 is 19.9. The van der Waals surface area contributed by atoms with Crippen LogP contribution in [0.5, 0.6) is 0 Å². The molecule has 1 spiro atoms. The maximum absolute atomic E-state index is 13.8. The summed E-state index contributed by atoms with van der Waals surface area (Å²) in [6.45, 7) is 4.28. The third-order valence-electron chi connectivity index (χ3n) is 5.01. The van der Waals surface area contributed by atoms with Crippen molar-refractivity contribution in [3.05, 3.63) is 42.1 Å². The normalized spacial score (nSPS) is 25.7. The summed E-state index contributed by atoms with van der Waals surface area (Å²) in [5.41, 5.74) is 0.923. The molecule has 2 aromatic heterocycles. The van der Waals surface area contributed by atoms with Gasteiger partial charge in [0.15, 0.2) is 11.6 Å². The van der Waals surface area contributed by atoms with Crippen LogP contribution in [0.4, 0.5) is 16.2 Å². The molecule has 2 fully saturated rings. The van der Waals surface area contributed by atoms with Gasteiger partial charge in [-0.1, -0.05) is 6.92 Å². The highest BCUT2D eigenvalue weighted by Crippen LogP contribution is 2.37. The highest BCUT2D eigenvalue weighted by Gasteiger charge is 2.46. The van der Waals surface area contributed by atoms with Crippen LogP contribution in [0.2, 0.25) is 0 Å². The molecule has 0 aliphatic carbocycles. The average Bonchev–Trinajstić information content (AvgIpc) is 3.24. The van der Waals surface area contributed by atoms with Gasteiger partial charge in [-0.05, 0) is 30.5 Å². The fourth-order valence-corrected chi connectivity index (χ4v) is 3.62. The molecule has 1 N–H and O–H groups in total. The second kappa shape index (κ2) is 6.55. The number of aryl methyl sites for hydroxylation is 1. The minimum absolute atomic E-state index is 0.0627. The van der Waals surface area contributed by atoms with E-state index >= 15 is 0 Å². The molecule has 2 saturated heterocycles. The molecule has 0 amide bonds. The fraction of sp³-hybridized carbons (Fsp3) is 0.500. The van der Waals surface area contributed by atoms with Gasteiger partial charge in [0, 0.05) is 31.6 Å². The second-order valence-corrected chi connectivity index (χ2v) is 6.79. The maximum Gasteiger partial charge on any atom is 0.225 e. The molecule has 6 nitrogen and oxygen atoms in total. The zero-order valence-corrected chi connectivity index (χ0v) is 14.3. The first-order valence-electron chi connectivity index (χ1n) is 8.74. The first kappa shape index (κ1) is 16.2. The van der Waals surface area contributed by atoms with Gasteiger partial charge in [0.25, 0.3) is 0 Å². The molecular weight excluding hydrogens is 321 g/mol. The minimum Gasteiger partial charge on any atom is -0.371 e. The fourth-order valence-electron chi connectivity index (χ4n) is 3.62. The lowest BCUT2D eigenvalue weighted by Gasteiger charge is -2.23. The highest BCUT2D eigenvalue weighted by atomic mass is 19.1. The summed E-state index contributed by atoms with van der Waals surface area (Å²) in [6.07, 6.45) is 8.05. The van der Waals surface area contributed by atoms with E-state index in [0.717, 1.165) is 43.9 Å². The molecule has 2 aliphatic rings. The Labute approximate surface area is 146 Å². The molecule has 0 saturated carbocycles. The predicted octanol–water partition coefficient (Wildman–Crippen LogP) is 2.42. The number of hydrogen-bond acceptors (Lipinski definition) is 6. The number of nitrogens with zero attached hydrogens (tertiary/aromatic N) is 4. The van der Waals surface area contributed by atoms with E-state index in [4.69, 9.17) is 4.74 Å². The zero-order chi connectivity index (χ0) is 17.3. The van der Waals surface area contributed by atoms with Gasteiger partial charge >= 0.3 is 0 Å². The monoisotopic (exact) mass is 343 g/mol. The quantitative estimate of drug-likeness (QED) is 0.920. The number of hydrogen-bond donors (Lipinski definition) is 1. The Bertz CT molecular complexity index is 741. The van der Waals surface area contributed by atoms with Crippen molar-refractivity contribution < 1.29 is 9.13 Å². The van der Waals surface area contributed by atoms with Crippen molar-refractivity contribution >= 4 is 11.8 Å². The summed E-state index contributed by atoms with van der Waals surface area (Å²) in [5, 5.41) is 3.17. The topological polar surface area (TPSA) is 63.2 Å². The standard InChI is InChI=1S/C18H22FN5O/c1-2-13-9-21-17(22-10-13)24-7-5-18(12-24)8-14(11-25-18)23-16-15(19)4-3-6-20-16/h3-4,6,9-10,14H,2,5,7-8,11-12H2,1H3,(H,20,23)/t14-,18-/m0/s1. The molecule has 2 aromatic rings. The molecule has 0 unspecified atom stereocenters. The van der Waals surface area contributed by atoms with Gasteiger partial charge in [-0.15, -0.1) is 0 Å². The van der Waals surface area contributed by atoms with Crippen LogP contribution in [-0.2, 0) is 11.2 Å². The van der Waals surface area contributed by atoms with E-state index in [0.29, 0.717) is 12.4 Å². The number of halogens is 1. The van der Waals surface area contributed by atoms with Crippen molar-refractivity contribution in [3.63, 3.8) is 0 Å².